The molecule has 0 fully saturated rings. The Labute approximate surface area is 148 Å². The van der Waals surface area contributed by atoms with Crippen molar-refractivity contribution < 1.29 is 13.3 Å². The third-order valence-electron chi connectivity index (χ3n) is 3.03. The van der Waals surface area contributed by atoms with Crippen molar-refractivity contribution >= 4 is 44.5 Å². The van der Waals surface area contributed by atoms with Crippen molar-refractivity contribution in [2.24, 2.45) is 0 Å². The summed E-state index contributed by atoms with van der Waals surface area (Å²) in [6.07, 6.45) is 1.08. The molecule has 0 aliphatic rings. The SMILES string of the molecule is Cc1cc(S(=O)(=O)NCCNc2ncc([N+](=O)[O-])cc2Cl)c(C)s1. The van der Waals surface area contributed by atoms with Gasteiger partial charge >= 0.3 is 0 Å². The van der Waals surface area contributed by atoms with Gasteiger partial charge in [0.05, 0.1) is 14.8 Å². The van der Waals surface area contributed by atoms with Gasteiger partial charge in [-0.2, -0.15) is 0 Å². The first-order valence-corrected chi connectivity index (χ1v) is 9.49. The molecule has 0 atom stereocenters. The zero-order valence-electron chi connectivity index (χ0n) is 12.9. The van der Waals surface area contributed by atoms with Crippen molar-refractivity contribution in [2.45, 2.75) is 18.7 Å². The van der Waals surface area contributed by atoms with Gasteiger partial charge in [-0.15, -0.1) is 11.3 Å². The van der Waals surface area contributed by atoms with Gasteiger partial charge in [-0.05, 0) is 19.9 Å². The van der Waals surface area contributed by atoms with Crippen LogP contribution in [0.1, 0.15) is 9.75 Å². The van der Waals surface area contributed by atoms with Gasteiger partial charge in [-0.1, -0.05) is 11.6 Å². The molecular weight excluding hydrogens is 376 g/mol. The Bertz CT molecular complexity index is 867. The molecule has 24 heavy (non-hydrogen) atoms. The van der Waals surface area contributed by atoms with E-state index in [0.717, 1.165) is 16.0 Å². The minimum Gasteiger partial charge on any atom is -0.368 e. The van der Waals surface area contributed by atoms with Crippen molar-refractivity contribution in [3.8, 4) is 0 Å². The maximum Gasteiger partial charge on any atom is 0.289 e. The van der Waals surface area contributed by atoms with E-state index in [9.17, 15) is 18.5 Å². The molecule has 11 heteroatoms. The third-order valence-corrected chi connectivity index (χ3v) is 6.00. The first kappa shape index (κ1) is 18.6. The van der Waals surface area contributed by atoms with E-state index >= 15 is 0 Å². The van der Waals surface area contributed by atoms with Crippen LogP contribution < -0.4 is 10.0 Å². The fourth-order valence-electron chi connectivity index (χ4n) is 1.98. The lowest BCUT2D eigenvalue weighted by atomic mass is 10.4. The zero-order valence-corrected chi connectivity index (χ0v) is 15.3. The summed E-state index contributed by atoms with van der Waals surface area (Å²) < 4.78 is 26.9. The number of hydrogen-bond donors (Lipinski definition) is 2. The van der Waals surface area contributed by atoms with E-state index in [1.807, 2.05) is 6.92 Å². The van der Waals surface area contributed by atoms with Crippen molar-refractivity contribution in [3.05, 3.63) is 43.2 Å². The van der Waals surface area contributed by atoms with E-state index in [2.05, 4.69) is 15.0 Å². The first-order valence-electron chi connectivity index (χ1n) is 6.81. The lowest BCUT2D eigenvalue weighted by Crippen LogP contribution is -2.29. The summed E-state index contributed by atoms with van der Waals surface area (Å²) in [7, 11) is -3.57. The van der Waals surface area contributed by atoms with E-state index in [1.54, 1.807) is 13.0 Å². The molecule has 0 unspecified atom stereocenters. The van der Waals surface area contributed by atoms with Crippen molar-refractivity contribution in [3.63, 3.8) is 0 Å². The number of aromatic nitrogens is 1. The maximum atomic E-state index is 12.2. The number of rotatable bonds is 7. The van der Waals surface area contributed by atoms with Crippen LogP contribution in [0.25, 0.3) is 0 Å². The van der Waals surface area contributed by atoms with Crippen molar-refractivity contribution in [2.75, 3.05) is 18.4 Å². The van der Waals surface area contributed by atoms with Crippen LogP contribution in [0.15, 0.2) is 23.2 Å². The number of aryl methyl sites for hydroxylation is 2. The fourth-order valence-corrected chi connectivity index (χ4v) is 4.79. The number of thiophene rings is 1. The molecule has 0 aliphatic carbocycles. The Morgan fingerprint density at radius 2 is 2.04 bits per heavy atom. The molecule has 0 radical (unpaired) electrons. The Kier molecular flexibility index (Phi) is 5.75. The minimum atomic E-state index is -3.57. The molecule has 0 saturated heterocycles. The Morgan fingerprint density at radius 3 is 2.58 bits per heavy atom. The minimum absolute atomic E-state index is 0.0939. The molecule has 0 saturated carbocycles. The molecule has 2 aromatic heterocycles. The van der Waals surface area contributed by atoms with E-state index in [4.69, 9.17) is 11.6 Å². The molecular formula is C13H15ClN4O4S2. The molecule has 2 rings (SSSR count). The largest absolute Gasteiger partial charge is 0.368 e. The molecule has 0 aliphatic heterocycles. The van der Waals surface area contributed by atoms with Crippen LogP contribution in [0.3, 0.4) is 0 Å². The highest BCUT2D eigenvalue weighted by molar-refractivity contribution is 7.89. The summed E-state index contributed by atoms with van der Waals surface area (Å²) in [5.41, 5.74) is -0.213. The Morgan fingerprint density at radius 1 is 1.33 bits per heavy atom. The monoisotopic (exact) mass is 390 g/mol. The summed E-state index contributed by atoms with van der Waals surface area (Å²) in [6.45, 7) is 3.95. The van der Waals surface area contributed by atoms with E-state index < -0.39 is 14.9 Å². The van der Waals surface area contributed by atoms with Gasteiger partial charge in [-0.25, -0.2) is 18.1 Å². The third kappa shape index (κ3) is 4.41. The summed E-state index contributed by atoms with van der Waals surface area (Å²) in [6, 6.07) is 2.81. The number of nitrogens with one attached hydrogen (secondary N) is 2. The van der Waals surface area contributed by atoms with Crippen molar-refractivity contribution in [1.29, 1.82) is 0 Å². The average Bonchev–Trinajstić information content (AvgIpc) is 2.84. The Balaban J connectivity index is 1.93. The summed E-state index contributed by atoms with van der Waals surface area (Å²) in [4.78, 5) is 15.8. The highest BCUT2D eigenvalue weighted by Crippen LogP contribution is 2.25. The molecule has 2 N–H and O–H groups in total. The lowest BCUT2D eigenvalue weighted by molar-refractivity contribution is -0.385. The summed E-state index contributed by atoms with van der Waals surface area (Å²) in [5.74, 6) is 0.254. The highest BCUT2D eigenvalue weighted by Gasteiger charge is 2.18. The van der Waals surface area contributed by atoms with Gasteiger partial charge in [0.2, 0.25) is 10.0 Å². The first-order chi connectivity index (χ1) is 11.2. The van der Waals surface area contributed by atoms with Crippen LogP contribution in [-0.2, 0) is 10.0 Å². The number of sulfonamides is 1. The molecule has 2 aromatic rings. The topological polar surface area (TPSA) is 114 Å². The van der Waals surface area contributed by atoms with Crippen molar-refractivity contribution in [1.82, 2.24) is 9.71 Å². The zero-order chi connectivity index (χ0) is 17.9. The number of hydrogen-bond acceptors (Lipinski definition) is 7. The average molecular weight is 391 g/mol. The second-order valence-corrected chi connectivity index (χ2v) is 8.49. The second-order valence-electron chi connectivity index (χ2n) is 4.88. The van der Waals surface area contributed by atoms with Crippen LogP contribution in [-0.4, -0.2) is 31.4 Å². The van der Waals surface area contributed by atoms with Crippen LogP contribution in [0.4, 0.5) is 11.5 Å². The number of nitro groups is 1. The maximum absolute atomic E-state index is 12.2. The van der Waals surface area contributed by atoms with Gasteiger partial charge in [-0.3, -0.25) is 10.1 Å². The predicted octanol–water partition coefficient (Wildman–Crippen LogP) is 2.71. The van der Waals surface area contributed by atoms with Crippen LogP contribution >= 0.6 is 22.9 Å². The number of pyridine rings is 1. The van der Waals surface area contributed by atoms with Gasteiger partial charge in [0.15, 0.2) is 0 Å². The smallest absolute Gasteiger partial charge is 0.289 e. The molecule has 0 bridgehead atoms. The predicted molar refractivity (Wildman–Crippen MR) is 93.4 cm³/mol. The summed E-state index contributed by atoms with van der Waals surface area (Å²) in [5, 5.41) is 13.5. The quantitative estimate of drug-likeness (QED) is 0.426. The number of anilines is 1. The fraction of sp³-hybridized carbons (Fsp3) is 0.308. The van der Waals surface area contributed by atoms with Gasteiger partial charge < -0.3 is 5.32 Å². The molecule has 0 aromatic carbocycles. The van der Waals surface area contributed by atoms with Crippen LogP contribution in [0.2, 0.25) is 5.02 Å². The van der Waals surface area contributed by atoms with E-state index in [-0.39, 0.29) is 34.5 Å². The second kappa shape index (κ2) is 7.43. The van der Waals surface area contributed by atoms with Crippen LogP contribution in [0, 0.1) is 24.0 Å². The van der Waals surface area contributed by atoms with E-state index in [1.165, 1.54) is 17.4 Å². The highest BCUT2D eigenvalue weighted by atomic mass is 35.5. The van der Waals surface area contributed by atoms with Crippen LogP contribution in [0.5, 0.6) is 0 Å². The normalized spacial score (nSPS) is 11.5. The standard InChI is InChI=1S/C13H15ClN4O4S2/c1-8-5-12(9(2)23-8)24(21,22)17-4-3-15-13-11(14)6-10(7-16-13)18(19)20/h5-7,17H,3-4H2,1-2H3,(H,15,16). The van der Waals surface area contributed by atoms with Gasteiger partial charge in [0, 0.05) is 28.9 Å². The number of halogens is 1. The van der Waals surface area contributed by atoms with Gasteiger partial charge in [0.25, 0.3) is 5.69 Å². The summed E-state index contributed by atoms with van der Waals surface area (Å²) >= 11 is 7.32. The molecule has 0 amide bonds. The molecule has 8 nitrogen and oxygen atoms in total. The van der Waals surface area contributed by atoms with E-state index in [0.29, 0.717) is 0 Å². The number of nitrogens with zero attached hydrogens (tertiary/aromatic N) is 2. The van der Waals surface area contributed by atoms with Gasteiger partial charge in [0.1, 0.15) is 12.0 Å². The lowest BCUT2D eigenvalue weighted by Gasteiger charge is -2.09. The Hall–Kier alpha value is -1.75. The molecule has 2 heterocycles. The molecule has 130 valence electrons. The molecule has 0 spiro atoms.